The van der Waals surface area contributed by atoms with Crippen LogP contribution in [0, 0.1) is 6.92 Å². The maximum atomic E-state index is 13.0. The lowest BCUT2D eigenvalue weighted by Crippen LogP contribution is -2.27. The minimum absolute atomic E-state index is 0.131. The van der Waals surface area contributed by atoms with Crippen molar-refractivity contribution in [3.05, 3.63) is 54.4 Å². The summed E-state index contributed by atoms with van der Waals surface area (Å²) < 4.78 is 32.5. The normalized spacial score (nSPS) is 11.5. The third-order valence-electron chi connectivity index (χ3n) is 3.77. The molecule has 24 heavy (non-hydrogen) atoms. The lowest BCUT2D eigenvalue weighted by molar-refractivity contribution is 0.402. The summed E-state index contributed by atoms with van der Waals surface area (Å²) in [6.07, 6.45) is 3.17. The highest BCUT2D eigenvalue weighted by atomic mass is 32.2. The zero-order valence-electron chi connectivity index (χ0n) is 13.6. The lowest BCUT2D eigenvalue weighted by atomic mass is 10.2. The van der Waals surface area contributed by atoms with Gasteiger partial charge in [-0.1, -0.05) is 6.07 Å². The maximum Gasteiger partial charge on any atom is 0.267 e. The van der Waals surface area contributed by atoms with Crippen molar-refractivity contribution < 1.29 is 13.2 Å². The van der Waals surface area contributed by atoms with Gasteiger partial charge in [0.25, 0.3) is 10.0 Å². The Balaban J connectivity index is 2.10. The minimum Gasteiger partial charge on any atom is -0.495 e. The Morgan fingerprint density at radius 1 is 1.00 bits per heavy atom. The van der Waals surface area contributed by atoms with Crippen molar-refractivity contribution in [1.82, 2.24) is 9.97 Å². The van der Waals surface area contributed by atoms with E-state index in [0.29, 0.717) is 22.5 Å². The summed E-state index contributed by atoms with van der Waals surface area (Å²) in [5.74, 6) is 0.313. The molecule has 0 radical (unpaired) electrons. The second-order valence-corrected chi connectivity index (χ2v) is 7.29. The average molecular weight is 343 g/mol. The second kappa shape index (κ2) is 6.09. The van der Waals surface area contributed by atoms with E-state index in [4.69, 9.17) is 4.74 Å². The summed E-state index contributed by atoms with van der Waals surface area (Å²) in [5.41, 5.74) is 2.69. The van der Waals surface area contributed by atoms with E-state index >= 15 is 0 Å². The Labute approximate surface area is 140 Å². The maximum absolute atomic E-state index is 13.0. The highest BCUT2D eigenvalue weighted by Crippen LogP contribution is 2.30. The number of methoxy groups -OCH3 is 1. The number of anilines is 1. The first-order chi connectivity index (χ1) is 11.4. The molecule has 0 N–H and O–H groups in total. The molecule has 1 heterocycles. The fourth-order valence-corrected chi connectivity index (χ4v) is 3.85. The van der Waals surface area contributed by atoms with Crippen molar-refractivity contribution in [2.45, 2.75) is 11.8 Å². The standard InChI is InChI=1S/C17H17N3O3S/c1-12-4-7-16(23-3)17(10-12)24(21,22)20(2)13-5-6-14-15(11-13)19-9-8-18-14/h4-11H,1-3H3. The van der Waals surface area contributed by atoms with Crippen molar-refractivity contribution >= 4 is 26.7 Å². The number of hydrogen-bond acceptors (Lipinski definition) is 5. The monoisotopic (exact) mass is 343 g/mol. The Hall–Kier alpha value is -2.67. The molecule has 0 aliphatic carbocycles. The van der Waals surface area contributed by atoms with Gasteiger partial charge in [0.05, 0.1) is 23.8 Å². The van der Waals surface area contributed by atoms with Crippen LogP contribution in [0.1, 0.15) is 5.56 Å². The van der Waals surface area contributed by atoms with Gasteiger partial charge in [0, 0.05) is 19.4 Å². The van der Waals surface area contributed by atoms with Gasteiger partial charge < -0.3 is 4.74 Å². The Kier molecular flexibility index (Phi) is 4.11. The number of ether oxygens (including phenoxy) is 1. The zero-order valence-corrected chi connectivity index (χ0v) is 14.4. The fraction of sp³-hybridized carbons (Fsp3) is 0.176. The summed E-state index contributed by atoms with van der Waals surface area (Å²) >= 11 is 0. The van der Waals surface area contributed by atoms with Gasteiger partial charge >= 0.3 is 0 Å². The van der Waals surface area contributed by atoms with Crippen LogP contribution in [0.5, 0.6) is 5.75 Å². The highest BCUT2D eigenvalue weighted by Gasteiger charge is 2.25. The largest absolute Gasteiger partial charge is 0.495 e. The van der Waals surface area contributed by atoms with Gasteiger partial charge in [-0.25, -0.2) is 8.42 Å². The fourth-order valence-electron chi connectivity index (χ4n) is 2.42. The van der Waals surface area contributed by atoms with Crippen LogP contribution in [0.2, 0.25) is 0 Å². The summed E-state index contributed by atoms with van der Waals surface area (Å²) in [4.78, 5) is 8.54. The zero-order chi connectivity index (χ0) is 17.3. The molecule has 124 valence electrons. The van der Waals surface area contributed by atoms with Crippen molar-refractivity contribution in [2.75, 3.05) is 18.5 Å². The van der Waals surface area contributed by atoms with E-state index in [-0.39, 0.29) is 4.90 Å². The summed E-state index contributed by atoms with van der Waals surface area (Å²) in [5, 5.41) is 0. The van der Waals surface area contributed by atoms with Gasteiger partial charge in [-0.05, 0) is 42.8 Å². The first-order valence-electron chi connectivity index (χ1n) is 7.28. The third-order valence-corrected chi connectivity index (χ3v) is 5.58. The molecular formula is C17H17N3O3S. The molecule has 0 fully saturated rings. The number of fused-ring (bicyclic) bond motifs is 1. The topological polar surface area (TPSA) is 72.4 Å². The second-order valence-electron chi connectivity index (χ2n) is 5.36. The van der Waals surface area contributed by atoms with Crippen LogP contribution >= 0.6 is 0 Å². The molecule has 3 aromatic rings. The summed E-state index contributed by atoms with van der Waals surface area (Å²) in [6, 6.07) is 10.2. The molecule has 0 saturated carbocycles. The van der Waals surface area contributed by atoms with E-state index in [1.165, 1.54) is 18.5 Å². The SMILES string of the molecule is COc1ccc(C)cc1S(=O)(=O)N(C)c1ccc2nccnc2c1. The molecule has 0 atom stereocenters. The van der Waals surface area contributed by atoms with Gasteiger partial charge in [-0.3, -0.25) is 14.3 Å². The molecule has 1 aromatic heterocycles. The van der Waals surface area contributed by atoms with Crippen LogP contribution in [-0.4, -0.2) is 32.5 Å². The smallest absolute Gasteiger partial charge is 0.267 e. The van der Waals surface area contributed by atoms with Gasteiger partial charge in [0.2, 0.25) is 0 Å². The first-order valence-corrected chi connectivity index (χ1v) is 8.72. The molecule has 2 aromatic carbocycles. The van der Waals surface area contributed by atoms with E-state index in [0.717, 1.165) is 5.56 Å². The molecule has 3 rings (SSSR count). The highest BCUT2D eigenvalue weighted by molar-refractivity contribution is 7.92. The molecule has 0 bridgehead atoms. The Morgan fingerprint density at radius 2 is 1.71 bits per heavy atom. The minimum atomic E-state index is -3.77. The van der Waals surface area contributed by atoms with E-state index < -0.39 is 10.0 Å². The van der Waals surface area contributed by atoms with Crippen LogP contribution in [0.3, 0.4) is 0 Å². The number of nitrogens with zero attached hydrogens (tertiary/aromatic N) is 3. The number of aromatic nitrogens is 2. The third kappa shape index (κ3) is 2.78. The van der Waals surface area contributed by atoms with Crippen LogP contribution < -0.4 is 9.04 Å². The Bertz CT molecular complexity index is 1000. The molecule has 7 heteroatoms. The van der Waals surface area contributed by atoms with Crippen LogP contribution in [0.4, 0.5) is 5.69 Å². The van der Waals surface area contributed by atoms with Crippen LogP contribution in [0.15, 0.2) is 53.7 Å². The number of sulfonamides is 1. The number of aryl methyl sites for hydroxylation is 1. The van der Waals surface area contributed by atoms with E-state index in [1.807, 2.05) is 13.0 Å². The quantitative estimate of drug-likeness (QED) is 0.728. The predicted molar refractivity (Wildman–Crippen MR) is 92.9 cm³/mol. The van der Waals surface area contributed by atoms with Crippen LogP contribution in [-0.2, 0) is 10.0 Å². The molecule has 0 aliphatic rings. The van der Waals surface area contributed by atoms with Gasteiger partial charge in [0.1, 0.15) is 10.6 Å². The first kappa shape index (κ1) is 16.2. The number of rotatable bonds is 4. The van der Waals surface area contributed by atoms with Gasteiger partial charge in [-0.2, -0.15) is 0 Å². The molecule has 0 saturated heterocycles. The molecule has 0 aliphatic heterocycles. The number of benzene rings is 2. The van der Waals surface area contributed by atoms with Crippen molar-refractivity contribution in [1.29, 1.82) is 0 Å². The molecule has 0 amide bonds. The summed E-state index contributed by atoms with van der Waals surface area (Å²) in [7, 11) is -0.804. The van der Waals surface area contributed by atoms with Crippen molar-refractivity contribution in [3.63, 3.8) is 0 Å². The van der Waals surface area contributed by atoms with Crippen LogP contribution in [0.25, 0.3) is 11.0 Å². The molecular weight excluding hydrogens is 326 g/mol. The van der Waals surface area contributed by atoms with Gasteiger partial charge in [0.15, 0.2) is 0 Å². The average Bonchev–Trinajstić information content (AvgIpc) is 2.60. The molecule has 0 unspecified atom stereocenters. The summed E-state index contributed by atoms with van der Waals surface area (Å²) in [6.45, 7) is 1.84. The van der Waals surface area contributed by atoms with E-state index in [9.17, 15) is 8.42 Å². The van der Waals surface area contributed by atoms with E-state index in [2.05, 4.69) is 9.97 Å². The van der Waals surface area contributed by atoms with E-state index in [1.54, 1.807) is 42.7 Å². The molecule has 0 spiro atoms. The predicted octanol–water partition coefficient (Wildman–Crippen LogP) is 2.77. The van der Waals surface area contributed by atoms with Gasteiger partial charge in [-0.15, -0.1) is 0 Å². The number of hydrogen-bond donors (Lipinski definition) is 0. The van der Waals surface area contributed by atoms with Crippen molar-refractivity contribution in [2.24, 2.45) is 0 Å². The molecule has 6 nitrogen and oxygen atoms in total. The lowest BCUT2D eigenvalue weighted by Gasteiger charge is -2.21. The van der Waals surface area contributed by atoms with Crippen molar-refractivity contribution in [3.8, 4) is 5.75 Å². The Morgan fingerprint density at radius 3 is 2.42 bits per heavy atom.